The molecule has 0 spiro atoms. The van der Waals surface area contributed by atoms with Crippen LogP contribution in [0.4, 0.5) is 21.5 Å². The number of hydrogen-bond donors (Lipinski definition) is 6. The number of amides is 2. The van der Waals surface area contributed by atoms with Crippen molar-refractivity contribution in [3.8, 4) is 0 Å². The Morgan fingerprint density at radius 1 is 0.617 bits per heavy atom. The van der Waals surface area contributed by atoms with Crippen LogP contribution in [0, 0.1) is 0 Å². The molecular weight excluding hydrogens is 1190 g/mol. The number of carbonyl (C=O) groups is 2. The lowest BCUT2D eigenvalue weighted by atomic mass is 9.49. The van der Waals surface area contributed by atoms with E-state index < -0.39 is 32.3 Å². The molecule has 8 heterocycles. The van der Waals surface area contributed by atoms with Gasteiger partial charge in [-0.15, -0.1) is 0 Å². The lowest BCUT2D eigenvalue weighted by molar-refractivity contribution is 0.00578. The Bertz CT molecular complexity index is 2280. The van der Waals surface area contributed by atoms with Gasteiger partial charge in [-0.25, -0.2) is 39.5 Å². The third kappa shape index (κ3) is 24.2. The highest BCUT2D eigenvalue weighted by atomic mass is 79.9. The molecule has 0 unspecified atom stereocenters. The fourth-order valence-electron chi connectivity index (χ4n) is 7.95. The third-order valence-corrected chi connectivity index (χ3v) is 15.0. The van der Waals surface area contributed by atoms with Crippen LogP contribution in [0.3, 0.4) is 0 Å². The molecule has 3 radical (unpaired) electrons. The first-order chi connectivity index (χ1) is 36.9. The van der Waals surface area contributed by atoms with Crippen molar-refractivity contribution in [2.45, 2.75) is 194 Å². The van der Waals surface area contributed by atoms with Gasteiger partial charge < -0.3 is 74.1 Å². The minimum absolute atomic E-state index is 0. The molecule has 5 fully saturated rings. The summed E-state index contributed by atoms with van der Waals surface area (Å²) in [6.07, 6.45) is 14.1. The number of piperidine rings is 3. The molecule has 3 aromatic heterocycles. The largest absolute Gasteiger partial charge is 0.491 e. The van der Waals surface area contributed by atoms with E-state index in [1.165, 1.54) is 12.4 Å². The number of rotatable bonds is 7. The predicted octanol–water partition coefficient (Wildman–Crippen LogP) is 6.30. The SMILES string of the molecule is CB(O)N1CCC(N)CC1.CC(C)(C)OC(=O)N1CCC(Nc2ncc(B(O)O)cn2)CC1.CC(C)(C)OC(=O)N1CCC(Nc2ncc(Br)cn2)CC1.CC1(C)OB(B2OC(C)(C)C(C)(C)O2)OC1(C)C.Clc1ncc(Br)cn1.[B]. The van der Waals surface area contributed by atoms with Crippen molar-refractivity contribution in [2.75, 3.05) is 49.9 Å². The van der Waals surface area contributed by atoms with Gasteiger partial charge in [-0.2, -0.15) is 0 Å². The topological polar surface area (TPSA) is 287 Å². The number of anilines is 2. The molecular formula is C50H85B5Br2ClN12O11. The van der Waals surface area contributed by atoms with Gasteiger partial charge in [0.1, 0.15) is 11.2 Å². The van der Waals surface area contributed by atoms with E-state index in [4.69, 9.17) is 60.5 Å². The smallest absolute Gasteiger partial charge is 0.444 e. The summed E-state index contributed by atoms with van der Waals surface area (Å²) < 4.78 is 36.3. The monoisotopic (exact) mass is 1280 g/mol. The van der Waals surface area contributed by atoms with Crippen molar-refractivity contribution in [1.82, 2.24) is 44.5 Å². The Balaban J connectivity index is 0.000000276. The second kappa shape index (κ2) is 31.1. The molecule has 0 aliphatic carbocycles. The summed E-state index contributed by atoms with van der Waals surface area (Å²) >= 11 is 11.8. The zero-order valence-corrected chi connectivity index (χ0v) is 53.8. The van der Waals surface area contributed by atoms with Crippen molar-refractivity contribution in [3.05, 3.63) is 51.4 Å². The maximum atomic E-state index is 12.0. The van der Waals surface area contributed by atoms with Gasteiger partial charge in [0.05, 0.1) is 31.3 Å². The number of halogens is 3. The van der Waals surface area contributed by atoms with E-state index >= 15 is 0 Å². The van der Waals surface area contributed by atoms with Crippen LogP contribution in [0.1, 0.15) is 135 Å². The summed E-state index contributed by atoms with van der Waals surface area (Å²) in [4.78, 5) is 53.3. The number of nitrogens with one attached hydrogen (secondary N) is 2. The number of likely N-dealkylation sites (tertiary alicyclic amines) is 2. The van der Waals surface area contributed by atoms with Crippen LogP contribution in [-0.4, -0.2) is 199 Å². The van der Waals surface area contributed by atoms with Crippen LogP contribution in [-0.2, 0) is 28.1 Å². The molecule has 23 nitrogen and oxygen atoms in total. The molecule has 0 aromatic carbocycles. The number of nitrogens with two attached hydrogens (primary N) is 1. The number of aromatic nitrogens is 6. The van der Waals surface area contributed by atoms with Gasteiger partial charge in [0.25, 0.3) is 0 Å². The molecule has 5 aliphatic rings. The maximum absolute atomic E-state index is 12.0. The maximum Gasteiger partial charge on any atom is 0.491 e. The number of nitrogens with zero attached hydrogens (tertiary/aromatic N) is 9. The Morgan fingerprint density at radius 3 is 1.21 bits per heavy atom. The molecule has 2 amide bonds. The van der Waals surface area contributed by atoms with Crippen molar-refractivity contribution in [3.63, 3.8) is 0 Å². The van der Waals surface area contributed by atoms with Crippen molar-refractivity contribution >= 4 is 110 Å². The van der Waals surface area contributed by atoms with E-state index in [9.17, 15) is 9.59 Å². The quantitative estimate of drug-likeness (QED) is 0.112. The fourth-order valence-corrected chi connectivity index (χ4v) is 8.46. The van der Waals surface area contributed by atoms with Gasteiger partial charge in [0.15, 0.2) is 0 Å². The summed E-state index contributed by atoms with van der Waals surface area (Å²) in [5.74, 6) is 1.05. The van der Waals surface area contributed by atoms with Gasteiger partial charge >= 0.3 is 40.4 Å². The minimum Gasteiger partial charge on any atom is -0.444 e. The molecule has 81 heavy (non-hydrogen) atoms. The van der Waals surface area contributed by atoms with E-state index in [0.29, 0.717) is 44.1 Å². The average Bonchev–Trinajstić information content (AvgIpc) is 3.82. The summed E-state index contributed by atoms with van der Waals surface area (Å²) in [5, 5.41) is 33.9. The molecule has 8 rings (SSSR count). The summed E-state index contributed by atoms with van der Waals surface area (Å²) in [6, 6.07) is 0.804. The Hall–Kier alpha value is -3.41. The summed E-state index contributed by atoms with van der Waals surface area (Å²) in [5.41, 5.74) is 3.56. The Kier molecular flexibility index (Phi) is 27.6. The molecule has 31 heteroatoms. The van der Waals surface area contributed by atoms with Gasteiger partial charge in [-0.3, -0.25) is 0 Å². The van der Waals surface area contributed by atoms with Gasteiger partial charge in [-0.05, 0) is 199 Å². The zero-order chi connectivity index (χ0) is 60.0. The zero-order valence-electron chi connectivity index (χ0n) is 49.9. The molecule has 7 N–H and O–H groups in total. The molecule has 0 saturated carbocycles. The molecule has 0 bridgehead atoms. The number of hydrogen-bond acceptors (Lipinski definition) is 21. The Morgan fingerprint density at radius 2 is 0.926 bits per heavy atom. The highest BCUT2D eigenvalue weighted by molar-refractivity contribution is 9.10. The Labute approximate surface area is 505 Å². The summed E-state index contributed by atoms with van der Waals surface area (Å²) in [6.45, 7) is 33.7. The van der Waals surface area contributed by atoms with Crippen molar-refractivity contribution in [2.24, 2.45) is 5.73 Å². The van der Waals surface area contributed by atoms with Crippen LogP contribution in [0.5, 0.6) is 0 Å². The molecule has 0 atom stereocenters. The van der Waals surface area contributed by atoms with E-state index in [0.717, 1.165) is 60.6 Å². The molecule has 5 aliphatic heterocycles. The molecule has 447 valence electrons. The van der Waals surface area contributed by atoms with Gasteiger partial charge in [0, 0.05) is 95.4 Å². The third-order valence-electron chi connectivity index (χ3n) is 14.0. The highest BCUT2D eigenvalue weighted by Crippen LogP contribution is 2.43. The normalized spacial score (nSPS) is 19.8. The highest BCUT2D eigenvalue weighted by Gasteiger charge is 2.63. The predicted molar refractivity (Wildman–Crippen MR) is 326 cm³/mol. The van der Waals surface area contributed by atoms with Crippen LogP contribution in [0.2, 0.25) is 12.1 Å². The van der Waals surface area contributed by atoms with E-state index in [1.54, 1.807) is 41.4 Å². The van der Waals surface area contributed by atoms with E-state index in [2.05, 4.69) is 72.4 Å². The van der Waals surface area contributed by atoms with Crippen LogP contribution in [0.25, 0.3) is 0 Å². The molecule has 5 saturated heterocycles. The second-order valence-electron chi connectivity index (χ2n) is 24.1. The number of carbonyl (C=O) groups excluding carboxylic acids is 2. The van der Waals surface area contributed by atoms with E-state index in [-0.39, 0.29) is 72.9 Å². The molecule has 3 aromatic rings. The average molecular weight is 1280 g/mol. The van der Waals surface area contributed by atoms with E-state index in [1.807, 2.05) is 102 Å². The first kappa shape index (κ1) is 71.9. The van der Waals surface area contributed by atoms with Gasteiger partial charge in [-0.1, -0.05) is 0 Å². The van der Waals surface area contributed by atoms with Crippen molar-refractivity contribution < 1.29 is 52.8 Å². The minimum atomic E-state index is -1.57. The van der Waals surface area contributed by atoms with Crippen molar-refractivity contribution in [1.29, 1.82) is 0 Å². The lowest BCUT2D eigenvalue weighted by Crippen LogP contribution is -2.46. The second-order valence-corrected chi connectivity index (χ2v) is 26.3. The van der Waals surface area contributed by atoms with Gasteiger partial charge in [0.2, 0.25) is 17.2 Å². The standard InChI is InChI=1S/C14H23BN4O4.C14H21BrN4O2.C12H24B2O4.C6H15BN2O.C4H2BrClN2.B/c1-14(2,3)23-13(20)19-6-4-11(5-7-19)18-12-16-8-10(9-17-12)15(21)22;1-14(2,3)21-13(20)19-6-4-11(5-7-19)18-12-16-8-10(15)9-17-12;1-9(2)10(3,4)16-13(15-9)14-17-11(5,6)12(7,8)18-14;1-7(10)9-4-2-6(8)3-5-9;5-3-1-7-4(6)8-2-3;/h8-9,11,21-22H,4-7H2,1-3H3,(H,16,17,18);8-9,11H,4-7H2,1-3H3,(H,16,17,18);1-8H3;6,10H,2-5,8H2,1H3;1-2H;. The fraction of sp³-hybridized carbons (Fsp3) is 0.720. The summed E-state index contributed by atoms with van der Waals surface area (Å²) in [7, 11) is -2.82. The number of ether oxygens (including phenoxy) is 2. The van der Waals surface area contributed by atoms with Crippen LogP contribution < -0.4 is 21.8 Å². The first-order valence-electron chi connectivity index (χ1n) is 27.1. The van der Waals surface area contributed by atoms with Crippen LogP contribution >= 0.6 is 43.5 Å². The lowest BCUT2D eigenvalue weighted by Gasteiger charge is -2.33. The van der Waals surface area contributed by atoms with Crippen LogP contribution in [0.15, 0.2) is 46.1 Å². The first-order valence-corrected chi connectivity index (χ1v) is 29.1.